The van der Waals surface area contributed by atoms with Crippen LogP contribution in [0.4, 0.5) is 8.78 Å². The van der Waals surface area contributed by atoms with Gasteiger partial charge in [0.15, 0.2) is 6.29 Å². The second kappa shape index (κ2) is 8.81. The van der Waals surface area contributed by atoms with E-state index in [1.54, 1.807) is 11.8 Å². The van der Waals surface area contributed by atoms with Crippen LogP contribution in [-0.4, -0.2) is 43.4 Å². The van der Waals surface area contributed by atoms with Crippen molar-refractivity contribution in [2.75, 3.05) is 19.5 Å². The highest BCUT2D eigenvalue weighted by Gasteiger charge is 2.41. The zero-order valence-electron chi connectivity index (χ0n) is 14.3. The van der Waals surface area contributed by atoms with Gasteiger partial charge in [-0.25, -0.2) is 8.78 Å². The van der Waals surface area contributed by atoms with Gasteiger partial charge < -0.3 is 9.47 Å². The summed E-state index contributed by atoms with van der Waals surface area (Å²) in [5.41, 5.74) is 0. The Morgan fingerprint density at radius 1 is 0.958 bits per heavy atom. The van der Waals surface area contributed by atoms with Crippen LogP contribution >= 0.6 is 11.8 Å². The van der Waals surface area contributed by atoms with Crippen molar-refractivity contribution in [3.63, 3.8) is 0 Å². The molecular formula is C19H28F2O2S. The number of halogens is 2. The third-order valence-electron chi connectivity index (χ3n) is 5.58. The van der Waals surface area contributed by atoms with Crippen molar-refractivity contribution in [2.24, 2.45) is 17.8 Å². The number of ether oxygens (including phenoxy) is 2. The zero-order chi connectivity index (χ0) is 16.9. The van der Waals surface area contributed by atoms with Crippen LogP contribution in [0.2, 0.25) is 0 Å². The Balaban J connectivity index is 1.43. The largest absolute Gasteiger partial charge is 0.348 e. The van der Waals surface area contributed by atoms with Crippen LogP contribution in [0.15, 0.2) is 24.3 Å². The topological polar surface area (TPSA) is 18.5 Å². The standard InChI is InChI=1S/C19H28F2O2S/c1-24-16-11-22-19(23-12-16)5-3-2-4-13-6-7-14-9-15(20)10-18(21)17(14)8-13/h2-5,13-19H,6-12H2,1H3/b4-2+,5-3+. The van der Waals surface area contributed by atoms with Crippen LogP contribution in [0.3, 0.4) is 0 Å². The van der Waals surface area contributed by atoms with Crippen LogP contribution in [0, 0.1) is 17.8 Å². The Hall–Kier alpha value is -0.390. The molecule has 1 aliphatic heterocycles. The highest BCUT2D eigenvalue weighted by Crippen LogP contribution is 2.45. The lowest BCUT2D eigenvalue weighted by atomic mass is 9.66. The van der Waals surface area contributed by atoms with Crippen molar-refractivity contribution < 1.29 is 18.3 Å². The molecule has 3 aliphatic rings. The molecule has 3 rings (SSSR count). The van der Waals surface area contributed by atoms with Crippen molar-refractivity contribution in [3.05, 3.63) is 24.3 Å². The summed E-state index contributed by atoms with van der Waals surface area (Å²) in [6.07, 6.45) is 11.5. The Bertz CT molecular complexity index is 449. The maximum atomic E-state index is 14.1. The monoisotopic (exact) mass is 358 g/mol. The van der Waals surface area contributed by atoms with E-state index in [0.717, 1.165) is 32.5 Å². The maximum Gasteiger partial charge on any atom is 0.177 e. The van der Waals surface area contributed by atoms with E-state index in [9.17, 15) is 8.78 Å². The van der Waals surface area contributed by atoms with E-state index < -0.39 is 12.3 Å². The van der Waals surface area contributed by atoms with Crippen molar-refractivity contribution in [3.8, 4) is 0 Å². The van der Waals surface area contributed by atoms with E-state index in [-0.39, 0.29) is 24.5 Å². The van der Waals surface area contributed by atoms with E-state index in [4.69, 9.17) is 9.47 Å². The molecule has 0 bridgehead atoms. The van der Waals surface area contributed by atoms with E-state index in [0.29, 0.717) is 17.6 Å². The summed E-state index contributed by atoms with van der Waals surface area (Å²) in [5.74, 6) is 0.703. The fourth-order valence-corrected chi connectivity index (χ4v) is 4.61. The number of fused-ring (bicyclic) bond motifs is 1. The Kier molecular flexibility index (Phi) is 6.76. The summed E-state index contributed by atoms with van der Waals surface area (Å²) in [4.78, 5) is 0. The molecule has 0 aromatic rings. The molecule has 5 atom stereocenters. The maximum absolute atomic E-state index is 14.1. The summed E-state index contributed by atoms with van der Waals surface area (Å²) >= 11 is 1.76. The minimum atomic E-state index is -0.959. The molecule has 0 amide bonds. The molecule has 2 nitrogen and oxygen atoms in total. The predicted octanol–water partition coefficient (Wildman–Crippen LogP) is 4.71. The summed E-state index contributed by atoms with van der Waals surface area (Å²) in [6, 6.07) is 0. The number of hydrogen-bond donors (Lipinski definition) is 0. The summed E-state index contributed by atoms with van der Waals surface area (Å²) < 4.78 is 38.8. The van der Waals surface area contributed by atoms with Gasteiger partial charge in [0.25, 0.3) is 0 Å². The molecule has 0 N–H and O–H groups in total. The van der Waals surface area contributed by atoms with E-state index >= 15 is 0 Å². The average molecular weight is 358 g/mol. The number of hydrogen-bond acceptors (Lipinski definition) is 3. The first-order valence-electron chi connectivity index (χ1n) is 9.04. The van der Waals surface area contributed by atoms with Gasteiger partial charge in [-0.1, -0.05) is 18.2 Å². The first-order chi connectivity index (χ1) is 11.7. The molecule has 0 spiro atoms. The number of allylic oxidation sites excluding steroid dienone is 3. The molecule has 1 saturated heterocycles. The summed E-state index contributed by atoms with van der Waals surface area (Å²) in [7, 11) is 0. The smallest absolute Gasteiger partial charge is 0.177 e. The first-order valence-corrected chi connectivity index (χ1v) is 10.3. The molecule has 5 unspecified atom stereocenters. The Morgan fingerprint density at radius 3 is 2.46 bits per heavy atom. The zero-order valence-corrected chi connectivity index (χ0v) is 15.1. The molecule has 0 radical (unpaired) electrons. The van der Waals surface area contributed by atoms with E-state index in [1.165, 1.54) is 0 Å². The van der Waals surface area contributed by atoms with Crippen LogP contribution in [-0.2, 0) is 9.47 Å². The van der Waals surface area contributed by atoms with Gasteiger partial charge >= 0.3 is 0 Å². The lowest BCUT2D eigenvalue weighted by molar-refractivity contribution is -0.146. The lowest BCUT2D eigenvalue weighted by Crippen LogP contribution is -2.38. The molecule has 0 aromatic heterocycles. The van der Waals surface area contributed by atoms with E-state index in [2.05, 4.69) is 12.3 Å². The van der Waals surface area contributed by atoms with Gasteiger partial charge in [-0.15, -0.1) is 0 Å². The van der Waals surface area contributed by atoms with Crippen LogP contribution in [0.25, 0.3) is 0 Å². The number of alkyl halides is 2. The molecule has 136 valence electrons. The van der Waals surface area contributed by atoms with E-state index in [1.807, 2.05) is 18.2 Å². The molecule has 1 heterocycles. The van der Waals surface area contributed by atoms with Crippen LogP contribution in [0.1, 0.15) is 32.1 Å². The predicted molar refractivity (Wildman–Crippen MR) is 94.6 cm³/mol. The molecule has 3 fully saturated rings. The third-order valence-corrected chi connectivity index (χ3v) is 6.52. The molecular weight excluding hydrogens is 330 g/mol. The molecule has 2 aliphatic carbocycles. The number of thioether (sulfide) groups is 1. The minimum Gasteiger partial charge on any atom is -0.348 e. The van der Waals surface area contributed by atoms with Crippen molar-refractivity contribution in [2.45, 2.75) is 56.0 Å². The van der Waals surface area contributed by atoms with Crippen molar-refractivity contribution in [1.82, 2.24) is 0 Å². The van der Waals surface area contributed by atoms with Gasteiger partial charge in [0.1, 0.15) is 12.3 Å². The molecule has 2 saturated carbocycles. The number of rotatable bonds is 4. The van der Waals surface area contributed by atoms with Crippen molar-refractivity contribution in [1.29, 1.82) is 0 Å². The second-order valence-corrected chi connectivity index (χ2v) is 8.38. The normalized spacial score (nSPS) is 44.0. The molecule has 24 heavy (non-hydrogen) atoms. The van der Waals surface area contributed by atoms with Gasteiger partial charge in [0.2, 0.25) is 0 Å². The Labute approximate surface area is 148 Å². The minimum absolute atomic E-state index is 0.0536. The van der Waals surface area contributed by atoms with Gasteiger partial charge in [0, 0.05) is 6.42 Å². The van der Waals surface area contributed by atoms with Crippen LogP contribution < -0.4 is 0 Å². The summed E-state index contributed by atoms with van der Waals surface area (Å²) in [5, 5.41) is 0.424. The molecule has 0 aromatic carbocycles. The Morgan fingerprint density at radius 2 is 1.71 bits per heavy atom. The quantitative estimate of drug-likeness (QED) is 0.678. The summed E-state index contributed by atoms with van der Waals surface area (Å²) in [6.45, 7) is 1.44. The SMILES string of the molecule is CSC1COC(/C=C/C=C/C2CCC3CC(F)CC(F)C3C2)OC1. The highest BCUT2D eigenvalue weighted by atomic mass is 32.2. The highest BCUT2D eigenvalue weighted by molar-refractivity contribution is 7.99. The average Bonchev–Trinajstić information content (AvgIpc) is 2.59. The van der Waals surface area contributed by atoms with Crippen LogP contribution in [0.5, 0.6) is 0 Å². The second-order valence-electron chi connectivity index (χ2n) is 7.24. The van der Waals surface area contributed by atoms with Crippen molar-refractivity contribution >= 4 is 11.8 Å². The third kappa shape index (κ3) is 4.83. The molecule has 5 heteroatoms. The first kappa shape index (κ1) is 18.4. The van der Waals surface area contributed by atoms with Gasteiger partial charge in [-0.05, 0) is 55.8 Å². The van der Waals surface area contributed by atoms with Gasteiger partial charge in [-0.3, -0.25) is 0 Å². The lowest BCUT2D eigenvalue weighted by Gasteiger charge is -2.41. The fraction of sp³-hybridized carbons (Fsp3) is 0.789. The fourth-order valence-electron chi connectivity index (χ4n) is 4.18. The van der Waals surface area contributed by atoms with Gasteiger partial charge in [-0.2, -0.15) is 11.8 Å². The van der Waals surface area contributed by atoms with Gasteiger partial charge in [0.05, 0.1) is 18.5 Å².